The predicted octanol–water partition coefficient (Wildman–Crippen LogP) is 6.45. The summed E-state index contributed by atoms with van der Waals surface area (Å²) in [5, 5.41) is 5.52. The molecule has 3 aromatic rings. The average molecular weight is 452 g/mol. The van der Waals surface area contributed by atoms with Gasteiger partial charge in [-0.2, -0.15) is 0 Å². The van der Waals surface area contributed by atoms with Crippen molar-refractivity contribution in [2.24, 2.45) is 0 Å². The summed E-state index contributed by atoms with van der Waals surface area (Å²) in [7, 11) is 0. The Balaban J connectivity index is 1.73. The first kappa shape index (κ1) is 22.4. The molecule has 1 aliphatic rings. The van der Waals surface area contributed by atoms with Gasteiger partial charge in [-0.1, -0.05) is 29.8 Å². The molecule has 4 rings (SSSR count). The van der Waals surface area contributed by atoms with Gasteiger partial charge in [-0.15, -0.1) is 0 Å². The molecule has 1 fully saturated rings. The van der Waals surface area contributed by atoms with Gasteiger partial charge in [-0.05, 0) is 76.4 Å². The molecule has 1 aromatic heterocycles. The van der Waals surface area contributed by atoms with Gasteiger partial charge < -0.3 is 15.0 Å². The first-order chi connectivity index (χ1) is 15.1. The van der Waals surface area contributed by atoms with Crippen LogP contribution in [0.3, 0.4) is 0 Å². The number of nitrogens with one attached hydrogen (secondary N) is 1. The van der Waals surface area contributed by atoms with Crippen LogP contribution in [0.1, 0.15) is 43.9 Å². The van der Waals surface area contributed by atoms with Crippen LogP contribution in [-0.4, -0.2) is 34.7 Å². The molecule has 2 aromatic carbocycles. The number of nitrogens with zero attached hydrogens (tertiary/aromatic N) is 2. The van der Waals surface area contributed by atoms with Gasteiger partial charge in [0.15, 0.2) is 0 Å². The van der Waals surface area contributed by atoms with Crippen LogP contribution in [0.25, 0.3) is 10.9 Å². The van der Waals surface area contributed by atoms with Gasteiger partial charge in [0.25, 0.3) is 0 Å². The van der Waals surface area contributed by atoms with E-state index in [1.807, 2.05) is 46.0 Å². The van der Waals surface area contributed by atoms with E-state index in [0.717, 1.165) is 39.7 Å². The summed E-state index contributed by atoms with van der Waals surface area (Å²) in [4.78, 5) is 19.2. The summed E-state index contributed by atoms with van der Waals surface area (Å²) in [6, 6.07) is 14.2. The Morgan fingerprint density at radius 3 is 2.69 bits per heavy atom. The summed E-state index contributed by atoms with van der Waals surface area (Å²) < 4.78 is 5.65. The van der Waals surface area contributed by atoms with Crippen molar-refractivity contribution in [3.05, 3.63) is 70.4 Å². The van der Waals surface area contributed by atoms with Crippen LogP contribution < -0.4 is 5.32 Å². The summed E-state index contributed by atoms with van der Waals surface area (Å²) in [6.45, 7) is 10.8. The van der Waals surface area contributed by atoms with Gasteiger partial charge in [0.05, 0.1) is 17.6 Å². The van der Waals surface area contributed by atoms with Gasteiger partial charge >= 0.3 is 6.09 Å². The van der Waals surface area contributed by atoms with Crippen LogP contribution in [0.4, 0.5) is 10.5 Å². The van der Waals surface area contributed by atoms with Crippen molar-refractivity contribution in [2.45, 2.75) is 52.2 Å². The molecular formula is C26H30ClN3O2. The van der Waals surface area contributed by atoms with E-state index in [-0.39, 0.29) is 6.09 Å². The van der Waals surface area contributed by atoms with E-state index < -0.39 is 11.1 Å². The number of rotatable bonds is 3. The lowest BCUT2D eigenvalue weighted by Crippen LogP contribution is -2.42. The van der Waals surface area contributed by atoms with E-state index in [2.05, 4.69) is 47.6 Å². The zero-order valence-corrected chi connectivity index (χ0v) is 20.1. The Hall–Kier alpha value is -2.79. The largest absolute Gasteiger partial charge is 0.444 e. The molecule has 6 heteroatoms. The minimum absolute atomic E-state index is 0.304. The molecule has 1 saturated heterocycles. The van der Waals surface area contributed by atoms with E-state index in [4.69, 9.17) is 16.3 Å². The number of ether oxygens (including phenoxy) is 1. The number of amides is 1. The minimum Gasteiger partial charge on any atom is -0.444 e. The number of likely N-dealkylation sites (tertiary alicyclic amines) is 1. The number of hydrogen-bond acceptors (Lipinski definition) is 4. The van der Waals surface area contributed by atoms with Gasteiger partial charge in [-0.25, -0.2) is 4.79 Å². The topological polar surface area (TPSA) is 54.5 Å². The molecule has 1 aliphatic heterocycles. The van der Waals surface area contributed by atoms with Crippen molar-refractivity contribution in [3.63, 3.8) is 0 Å². The highest BCUT2D eigenvalue weighted by molar-refractivity contribution is 6.31. The maximum atomic E-state index is 12.8. The van der Waals surface area contributed by atoms with E-state index in [9.17, 15) is 4.79 Å². The number of carbonyl (C=O) groups is 1. The standard InChI is InChI=1S/C26H30ClN3O2/c1-17-13-19-9-10-20(14-22(19)28-15-17)29-26(23-18(2)7-6-8-21(23)27)11-12-30(16-26)24(31)32-25(3,4)5/h6-10,13-15,29H,11-12,16H2,1-5H3/t26-/m0/s1. The highest BCUT2D eigenvalue weighted by Crippen LogP contribution is 2.41. The molecule has 0 aliphatic carbocycles. The quantitative estimate of drug-likeness (QED) is 0.497. The fourth-order valence-electron chi connectivity index (χ4n) is 4.48. The Morgan fingerprint density at radius 1 is 1.19 bits per heavy atom. The molecule has 0 saturated carbocycles. The van der Waals surface area contributed by atoms with Crippen LogP contribution in [-0.2, 0) is 10.3 Å². The number of aromatic nitrogens is 1. The molecular weight excluding hydrogens is 422 g/mol. The van der Waals surface area contributed by atoms with Crippen molar-refractivity contribution >= 4 is 34.3 Å². The zero-order valence-electron chi connectivity index (χ0n) is 19.3. The number of pyridine rings is 1. The van der Waals surface area contributed by atoms with Gasteiger partial charge in [0.2, 0.25) is 0 Å². The van der Waals surface area contributed by atoms with Crippen LogP contribution >= 0.6 is 11.6 Å². The van der Waals surface area contributed by atoms with Crippen LogP contribution in [0.15, 0.2) is 48.7 Å². The van der Waals surface area contributed by atoms with E-state index in [1.165, 1.54) is 0 Å². The Kier molecular flexibility index (Phi) is 5.80. The lowest BCUT2D eigenvalue weighted by atomic mass is 9.85. The Bertz CT molecular complexity index is 1150. The third kappa shape index (κ3) is 4.53. The monoisotopic (exact) mass is 451 g/mol. The first-order valence-electron chi connectivity index (χ1n) is 10.9. The summed E-state index contributed by atoms with van der Waals surface area (Å²) in [5.41, 5.74) is 4.03. The lowest BCUT2D eigenvalue weighted by molar-refractivity contribution is 0.0286. The summed E-state index contributed by atoms with van der Waals surface area (Å²) in [6.07, 6.45) is 2.29. The fourth-order valence-corrected chi connectivity index (χ4v) is 4.89. The first-order valence-corrected chi connectivity index (χ1v) is 11.3. The van der Waals surface area contributed by atoms with Gasteiger partial charge in [0.1, 0.15) is 5.60 Å². The second-order valence-corrected chi connectivity index (χ2v) is 10.1. The molecule has 0 radical (unpaired) electrons. The normalized spacial score (nSPS) is 18.8. The fraction of sp³-hybridized carbons (Fsp3) is 0.385. The van der Waals surface area contributed by atoms with Crippen molar-refractivity contribution in [3.8, 4) is 0 Å². The molecule has 5 nitrogen and oxygen atoms in total. The Labute approximate surface area is 194 Å². The van der Waals surface area contributed by atoms with Crippen LogP contribution in [0.5, 0.6) is 0 Å². The SMILES string of the molecule is Cc1cnc2cc(N[C@@]3(c4c(C)cccc4Cl)CCN(C(=O)OC(C)(C)C)C3)ccc2c1. The van der Waals surface area contributed by atoms with Crippen molar-refractivity contribution in [2.75, 3.05) is 18.4 Å². The maximum Gasteiger partial charge on any atom is 0.410 e. The molecule has 2 heterocycles. The molecule has 32 heavy (non-hydrogen) atoms. The number of benzene rings is 2. The van der Waals surface area contributed by atoms with Crippen LogP contribution in [0.2, 0.25) is 5.02 Å². The molecule has 0 spiro atoms. The number of aryl methyl sites for hydroxylation is 2. The third-order valence-electron chi connectivity index (χ3n) is 5.83. The average Bonchev–Trinajstić information content (AvgIpc) is 3.11. The summed E-state index contributed by atoms with van der Waals surface area (Å²) >= 11 is 6.72. The molecule has 1 atom stereocenters. The number of halogens is 1. The maximum absolute atomic E-state index is 12.8. The molecule has 168 valence electrons. The minimum atomic E-state index is -0.543. The number of anilines is 1. The van der Waals surface area contributed by atoms with E-state index in [1.54, 1.807) is 4.90 Å². The van der Waals surface area contributed by atoms with E-state index in [0.29, 0.717) is 18.1 Å². The second kappa shape index (κ2) is 8.28. The van der Waals surface area contributed by atoms with Crippen molar-refractivity contribution in [1.82, 2.24) is 9.88 Å². The molecule has 0 unspecified atom stereocenters. The number of carbonyl (C=O) groups excluding carboxylic acids is 1. The smallest absolute Gasteiger partial charge is 0.410 e. The third-order valence-corrected chi connectivity index (χ3v) is 6.14. The van der Waals surface area contributed by atoms with E-state index >= 15 is 0 Å². The van der Waals surface area contributed by atoms with Crippen molar-refractivity contribution < 1.29 is 9.53 Å². The van der Waals surface area contributed by atoms with Crippen molar-refractivity contribution in [1.29, 1.82) is 0 Å². The lowest BCUT2D eigenvalue weighted by Gasteiger charge is -2.34. The molecule has 1 amide bonds. The van der Waals surface area contributed by atoms with Crippen LogP contribution in [0, 0.1) is 13.8 Å². The Morgan fingerprint density at radius 2 is 1.97 bits per heavy atom. The highest BCUT2D eigenvalue weighted by atomic mass is 35.5. The zero-order chi connectivity index (χ0) is 23.1. The number of fused-ring (bicyclic) bond motifs is 1. The number of hydrogen-bond donors (Lipinski definition) is 1. The predicted molar refractivity (Wildman–Crippen MR) is 130 cm³/mol. The summed E-state index contributed by atoms with van der Waals surface area (Å²) in [5.74, 6) is 0. The molecule has 1 N–H and O–H groups in total. The highest BCUT2D eigenvalue weighted by Gasteiger charge is 2.44. The van der Waals surface area contributed by atoms with Gasteiger partial charge in [-0.3, -0.25) is 4.98 Å². The van der Waals surface area contributed by atoms with Gasteiger partial charge in [0, 0.05) is 34.4 Å². The second-order valence-electron chi connectivity index (χ2n) is 9.71. The molecule has 0 bridgehead atoms.